The number of carbonyl (C=O) groups excluding carboxylic acids is 1. The topological polar surface area (TPSA) is 138 Å². The second kappa shape index (κ2) is 14.5. The second-order valence-corrected chi connectivity index (χ2v) is 7.06. The van der Waals surface area contributed by atoms with Gasteiger partial charge in [-0.3, -0.25) is 10.2 Å². The Morgan fingerprint density at radius 2 is 1.74 bits per heavy atom. The Kier molecular flexibility index (Phi) is 12.1. The smallest absolute Gasteiger partial charge is 0.475 e. The summed E-state index contributed by atoms with van der Waals surface area (Å²) in [6, 6.07) is 15.8. The number of rotatable bonds is 11. The lowest BCUT2D eigenvalue weighted by atomic mass is 10.1. The Bertz CT molecular complexity index is 935. The number of unbranched alkanes of at least 4 members (excludes halogenated alkanes) is 1. The molecule has 0 radical (unpaired) electrons. The van der Waals surface area contributed by atoms with Gasteiger partial charge in [-0.2, -0.15) is 13.2 Å². The van der Waals surface area contributed by atoms with Gasteiger partial charge in [-0.25, -0.2) is 4.79 Å². The number of ether oxygens (including phenoxy) is 1. The first kappa shape index (κ1) is 28.4. The number of hydrogen-bond acceptors (Lipinski definition) is 6. The number of hydrogen-bond donors (Lipinski definition) is 5. The molecule has 0 saturated carbocycles. The molecule has 8 nitrogen and oxygen atoms in total. The van der Waals surface area contributed by atoms with Crippen LogP contribution in [0.4, 0.5) is 24.5 Å². The minimum atomic E-state index is -5.08. The van der Waals surface area contributed by atoms with E-state index < -0.39 is 12.1 Å². The molecular formula is C23H29F3N4O4. The third kappa shape index (κ3) is 11.9. The van der Waals surface area contributed by atoms with Crippen LogP contribution in [0, 0.1) is 5.41 Å². The number of benzene rings is 2. The van der Waals surface area contributed by atoms with Gasteiger partial charge in [-0.15, -0.1) is 0 Å². The van der Waals surface area contributed by atoms with Crippen molar-refractivity contribution in [2.45, 2.75) is 32.4 Å². The molecule has 0 aliphatic heterocycles. The van der Waals surface area contributed by atoms with E-state index in [0.29, 0.717) is 12.2 Å². The molecule has 0 saturated heterocycles. The lowest BCUT2D eigenvalue weighted by molar-refractivity contribution is -0.192. The third-order valence-corrected chi connectivity index (χ3v) is 4.30. The zero-order valence-electron chi connectivity index (χ0n) is 18.7. The molecular weight excluding hydrogens is 453 g/mol. The lowest BCUT2D eigenvalue weighted by Gasteiger charge is -2.09. The summed E-state index contributed by atoms with van der Waals surface area (Å²) in [5, 5.41) is 21.1. The van der Waals surface area contributed by atoms with Crippen LogP contribution in [0.3, 0.4) is 0 Å². The highest BCUT2D eigenvalue weighted by molar-refractivity contribution is 5.95. The Morgan fingerprint density at radius 1 is 1.09 bits per heavy atom. The Balaban J connectivity index is 0.000000718. The number of esters is 1. The number of carbonyl (C=O) groups is 2. The molecule has 34 heavy (non-hydrogen) atoms. The van der Waals surface area contributed by atoms with Gasteiger partial charge >= 0.3 is 18.1 Å². The fraction of sp³-hybridized carbons (Fsp3) is 0.348. The maximum atomic E-state index is 11.2. The van der Waals surface area contributed by atoms with E-state index in [0.717, 1.165) is 37.2 Å². The molecule has 2 aromatic rings. The maximum Gasteiger partial charge on any atom is 0.490 e. The van der Waals surface area contributed by atoms with Crippen molar-refractivity contribution in [1.29, 1.82) is 5.41 Å². The van der Waals surface area contributed by atoms with Gasteiger partial charge in [0, 0.05) is 16.9 Å². The third-order valence-electron chi connectivity index (χ3n) is 4.30. The quantitative estimate of drug-likeness (QED) is 0.142. The molecule has 6 N–H and O–H groups in total. The van der Waals surface area contributed by atoms with Crippen LogP contribution in [0.1, 0.15) is 30.9 Å². The van der Waals surface area contributed by atoms with Crippen molar-refractivity contribution in [1.82, 2.24) is 5.32 Å². The minimum absolute atomic E-state index is 0.0609. The zero-order valence-corrected chi connectivity index (χ0v) is 18.7. The SMILES string of the molecule is CCOC(=O)CNCCCCc1ccc(Nc2cccc(C(=N)N)c2)cc1.O=C(O)C(F)(F)F. The Labute approximate surface area is 195 Å². The maximum absolute atomic E-state index is 11.2. The van der Waals surface area contributed by atoms with Crippen LogP contribution in [-0.2, 0) is 20.7 Å². The molecule has 0 heterocycles. The number of aliphatic carboxylic acids is 1. The number of halogens is 3. The van der Waals surface area contributed by atoms with Crippen molar-refractivity contribution in [3.05, 3.63) is 59.7 Å². The van der Waals surface area contributed by atoms with Crippen molar-refractivity contribution in [3.63, 3.8) is 0 Å². The van der Waals surface area contributed by atoms with E-state index in [9.17, 15) is 18.0 Å². The molecule has 2 aromatic carbocycles. The second-order valence-electron chi connectivity index (χ2n) is 7.06. The average Bonchev–Trinajstić information content (AvgIpc) is 2.77. The fourth-order valence-electron chi connectivity index (χ4n) is 2.67. The highest BCUT2D eigenvalue weighted by Gasteiger charge is 2.38. The number of aryl methyl sites for hydroxylation is 1. The highest BCUT2D eigenvalue weighted by Crippen LogP contribution is 2.19. The number of nitrogens with two attached hydrogens (primary N) is 1. The molecule has 2 rings (SSSR count). The van der Waals surface area contributed by atoms with Crippen LogP contribution in [0.2, 0.25) is 0 Å². The summed E-state index contributed by atoms with van der Waals surface area (Å²) in [5.74, 6) is -2.90. The molecule has 0 unspecified atom stereocenters. The molecule has 0 aromatic heterocycles. The largest absolute Gasteiger partial charge is 0.490 e. The molecule has 0 atom stereocenters. The van der Waals surface area contributed by atoms with Crippen LogP contribution in [0.5, 0.6) is 0 Å². The number of nitrogen functional groups attached to an aromatic ring is 1. The summed E-state index contributed by atoms with van der Waals surface area (Å²) in [6.45, 7) is 3.32. The molecule has 0 aliphatic rings. The van der Waals surface area contributed by atoms with E-state index in [1.54, 1.807) is 0 Å². The first-order valence-electron chi connectivity index (χ1n) is 10.5. The molecule has 0 bridgehead atoms. The van der Waals surface area contributed by atoms with E-state index in [-0.39, 0.29) is 18.3 Å². The molecule has 0 spiro atoms. The summed E-state index contributed by atoms with van der Waals surface area (Å²) in [5.41, 5.74) is 9.41. The van der Waals surface area contributed by atoms with Gasteiger partial charge in [0.2, 0.25) is 0 Å². The van der Waals surface area contributed by atoms with Crippen LogP contribution < -0.4 is 16.4 Å². The van der Waals surface area contributed by atoms with Crippen molar-refractivity contribution in [2.75, 3.05) is 25.0 Å². The Hall–Kier alpha value is -3.60. The number of nitrogens with one attached hydrogen (secondary N) is 3. The minimum Gasteiger partial charge on any atom is -0.475 e. The number of amidine groups is 1. The Morgan fingerprint density at radius 3 is 2.29 bits per heavy atom. The normalized spacial score (nSPS) is 10.6. The predicted octanol–water partition coefficient (Wildman–Crippen LogP) is 3.82. The van der Waals surface area contributed by atoms with Gasteiger partial charge in [0.05, 0.1) is 13.2 Å². The molecule has 0 aliphatic carbocycles. The summed E-state index contributed by atoms with van der Waals surface area (Å²) in [7, 11) is 0. The van der Waals surface area contributed by atoms with Gasteiger partial charge in [0.25, 0.3) is 0 Å². The van der Waals surface area contributed by atoms with Crippen molar-refractivity contribution in [2.24, 2.45) is 5.73 Å². The van der Waals surface area contributed by atoms with E-state index in [4.69, 9.17) is 25.8 Å². The van der Waals surface area contributed by atoms with E-state index in [1.165, 1.54) is 5.56 Å². The molecule has 11 heteroatoms. The van der Waals surface area contributed by atoms with E-state index in [1.807, 2.05) is 31.2 Å². The first-order chi connectivity index (χ1) is 16.0. The summed E-state index contributed by atoms with van der Waals surface area (Å²) >= 11 is 0. The van der Waals surface area contributed by atoms with Gasteiger partial charge in [-0.1, -0.05) is 24.3 Å². The number of carboxylic acid groups (broad SMARTS) is 1. The van der Waals surface area contributed by atoms with Crippen molar-refractivity contribution in [3.8, 4) is 0 Å². The average molecular weight is 483 g/mol. The number of carboxylic acids is 1. The van der Waals surface area contributed by atoms with Crippen LogP contribution in [0.25, 0.3) is 0 Å². The lowest BCUT2D eigenvalue weighted by Crippen LogP contribution is -2.25. The zero-order chi connectivity index (χ0) is 25.6. The van der Waals surface area contributed by atoms with Gasteiger partial charge in [0.15, 0.2) is 0 Å². The van der Waals surface area contributed by atoms with Gasteiger partial charge in [-0.05, 0) is 62.6 Å². The van der Waals surface area contributed by atoms with Gasteiger partial charge in [0.1, 0.15) is 5.84 Å². The molecule has 0 amide bonds. The van der Waals surface area contributed by atoms with Crippen molar-refractivity contribution >= 4 is 29.1 Å². The number of anilines is 2. The predicted molar refractivity (Wildman–Crippen MR) is 123 cm³/mol. The highest BCUT2D eigenvalue weighted by atomic mass is 19.4. The summed E-state index contributed by atoms with van der Waals surface area (Å²) in [6.07, 6.45) is -2.01. The van der Waals surface area contributed by atoms with Crippen LogP contribution >= 0.6 is 0 Å². The van der Waals surface area contributed by atoms with Crippen LogP contribution in [-0.4, -0.2) is 48.8 Å². The number of alkyl halides is 3. The molecule has 186 valence electrons. The fourth-order valence-corrected chi connectivity index (χ4v) is 2.67. The van der Waals surface area contributed by atoms with Gasteiger partial charge < -0.3 is 26.2 Å². The molecule has 0 fully saturated rings. The summed E-state index contributed by atoms with van der Waals surface area (Å²) in [4.78, 5) is 20.1. The van der Waals surface area contributed by atoms with Crippen LogP contribution in [0.15, 0.2) is 48.5 Å². The van der Waals surface area contributed by atoms with Crippen molar-refractivity contribution < 1.29 is 32.6 Å². The first-order valence-corrected chi connectivity index (χ1v) is 10.5. The van der Waals surface area contributed by atoms with E-state index >= 15 is 0 Å². The monoisotopic (exact) mass is 482 g/mol. The van der Waals surface area contributed by atoms with E-state index in [2.05, 4.69) is 34.9 Å². The summed E-state index contributed by atoms with van der Waals surface area (Å²) < 4.78 is 36.6. The standard InChI is InChI=1S/C21H28N4O2.C2HF3O2/c1-2-27-20(26)15-24-13-4-3-6-16-9-11-18(12-10-16)25-19-8-5-7-17(14-19)21(22)23;3-2(4,5)1(6)7/h5,7-12,14,24-25H,2-4,6,13,15H2,1H3,(H3,22,23);(H,6,7).